The summed E-state index contributed by atoms with van der Waals surface area (Å²) in [5.74, 6) is 0.258. The Labute approximate surface area is 154 Å². The van der Waals surface area contributed by atoms with Gasteiger partial charge in [-0.15, -0.1) is 0 Å². The molecule has 1 saturated heterocycles. The van der Waals surface area contributed by atoms with Gasteiger partial charge in [0.05, 0.1) is 11.3 Å². The number of aryl methyl sites for hydroxylation is 1. The average Bonchev–Trinajstić information content (AvgIpc) is 3.15. The van der Waals surface area contributed by atoms with Gasteiger partial charge in [0, 0.05) is 12.1 Å². The molecule has 136 valence electrons. The van der Waals surface area contributed by atoms with Crippen molar-refractivity contribution in [3.05, 3.63) is 65.2 Å². The number of benzene rings is 2. The summed E-state index contributed by atoms with van der Waals surface area (Å²) >= 11 is 0. The number of hydrogen-bond donors (Lipinski definition) is 3. The summed E-state index contributed by atoms with van der Waals surface area (Å²) < 4.78 is 0. The zero-order chi connectivity index (χ0) is 18.4. The van der Waals surface area contributed by atoms with E-state index in [1.165, 1.54) is 6.42 Å². The fourth-order valence-corrected chi connectivity index (χ4v) is 3.22. The fraction of sp³-hybridized carbons (Fsp3) is 0.333. The Morgan fingerprint density at radius 1 is 1.12 bits per heavy atom. The zero-order valence-corrected chi connectivity index (χ0v) is 15.0. The minimum Gasteiger partial charge on any atom is -0.352 e. The van der Waals surface area contributed by atoms with Crippen LogP contribution in [0.15, 0.2) is 48.5 Å². The monoisotopic (exact) mass is 351 g/mol. The molecule has 3 rings (SSSR count). The molecule has 1 fully saturated rings. The van der Waals surface area contributed by atoms with Gasteiger partial charge in [0.25, 0.3) is 11.8 Å². The number of amides is 2. The summed E-state index contributed by atoms with van der Waals surface area (Å²) in [4.78, 5) is 25.0. The molecule has 1 unspecified atom stereocenters. The van der Waals surface area contributed by atoms with Gasteiger partial charge in [-0.2, -0.15) is 0 Å². The standard InChI is InChI=1S/C21H25N3O2/c1-15-5-4-6-17(13-15)20(25)24-19-8-3-2-7-18(19)21(26)23-12-10-16-9-11-22-14-16/h2-8,13,16,22H,9-12,14H2,1H3,(H,23,26)(H,24,25). The smallest absolute Gasteiger partial charge is 0.255 e. The van der Waals surface area contributed by atoms with Crippen LogP contribution in [0.3, 0.4) is 0 Å². The summed E-state index contributed by atoms with van der Waals surface area (Å²) in [7, 11) is 0. The summed E-state index contributed by atoms with van der Waals surface area (Å²) in [6.45, 7) is 4.68. The third-order valence-electron chi connectivity index (χ3n) is 4.70. The van der Waals surface area contributed by atoms with Crippen molar-refractivity contribution >= 4 is 17.5 Å². The van der Waals surface area contributed by atoms with Crippen molar-refractivity contribution in [2.24, 2.45) is 5.92 Å². The molecule has 3 N–H and O–H groups in total. The second-order valence-electron chi connectivity index (χ2n) is 6.77. The number of carbonyl (C=O) groups is 2. The molecular formula is C21H25N3O2. The van der Waals surface area contributed by atoms with Crippen LogP contribution < -0.4 is 16.0 Å². The number of para-hydroxylation sites is 1. The second kappa shape index (κ2) is 8.63. The lowest BCUT2D eigenvalue weighted by Crippen LogP contribution is -2.27. The van der Waals surface area contributed by atoms with Gasteiger partial charge in [-0.05, 0) is 63.0 Å². The van der Waals surface area contributed by atoms with E-state index in [0.717, 1.165) is 25.1 Å². The van der Waals surface area contributed by atoms with Crippen LogP contribution in [0.2, 0.25) is 0 Å². The first-order chi connectivity index (χ1) is 12.6. The molecule has 26 heavy (non-hydrogen) atoms. The lowest BCUT2D eigenvalue weighted by atomic mass is 10.1. The highest BCUT2D eigenvalue weighted by Crippen LogP contribution is 2.17. The molecule has 0 aliphatic carbocycles. The van der Waals surface area contributed by atoms with Gasteiger partial charge in [-0.3, -0.25) is 9.59 Å². The number of rotatable bonds is 6. The Kier molecular flexibility index (Phi) is 6.02. The van der Waals surface area contributed by atoms with E-state index < -0.39 is 0 Å². The fourth-order valence-electron chi connectivity index (χ4n) is 3.22. The molecule has 5 heteroatoms. The Morgan fingerprint density at radius 3 is 2.73 bits per heavy atom. The maximum Gasteiger partial charge on any atom is 0.255 e. The van der Waals surface area contributed by atoms with E-state index >= 15 is 0 Å². The Hall–Kier alpha value is -2.66. The first kappa shape index (κ1) is 18.1. The maximum atomic E-state index is 12.5. The van der Waals surface area contributed by atoms with Gasteiger partial charge in [-0.1, -0.05) is 29.8 Å². The minimum absolute atomic E-state index is 0.156. The Morgan fingerprint density at radius 2 is 1.96 bits per heavy atom. The van der Waals surface area contributed by atoms with Crippen LogP contribution >= 0.6 is 0 Å². The van der Waals surface area contributed by atoms with Crippen LogP contribution in [0.5, 0.6) is 0 Å². The molecular weight excluding hydrogens is 326 g/mol. The number of nitrogens with one attached hydrogen (secondary N) is 3. The van der Waals surface area contributed by atoms with Crippen molar-refractivity contribution in [3.63, 3.8) is 0 Å². The van der Waals surface area contributed by atoms with Crippen molar-refractivity contribution in [2.75, 3.05) is 25.0 Å². The molecule has 0 saturated carbocycles. The van der Waals surface area contributed by atoms with Crippen LogP contribution in [-0.4, -0.2) is 31.4 Å². The van der Waals surface area contributed by atoms with Crippen molar-refractivity contribution in [2.45, 2.75) is 19.8 Å². The lowest BCUT2D eigenvalue weighted by molar-refractivity contribution is 0.0952. The van der Waals surface area contributed by atoms with Crippen LogP contribution in [0.1, 0.15) is 39.1 Å². The van der Waals surface area contributed by atoms with Gasteiger partial charge in [0.2, 0.25) is 0 Å². The first-order valence-electron chi connectivity index (χ1n) is 9.09. The SMILES string of the molecule is Cc1cccc(C(=O)Nc2ccccc2C(=O)NCCC2CCNC2)c1. The van der Waals surface area contributed by atoms with E-state index in [2.05, 4.69) is 16.0 Å². The third-order valence-corrected chi connectivity index (χ3v) is 4.70. The van der Waals surface area contributed by atoms with Gasteiger partial charge in [0.1, 0.15) is 0 Å². The minimum atomic E-state index is -0.217. The Bertz CT molecular complexity index is 782. The average molecular weight is 351 g/mol. The predicted octanol–water partition coefficient (Wildman–Crippen LogP) is 2.98. The molecule has 1 atom stereocenters. The summed E-state index contributed by atoms with van der Waals surface area (Å²) in [6.07, 6.45) is 2.13. The van der Waals surface area contributed by atoms with E-state index in [-0.39, 0.29) is 11.8 Å². The quantitative estimate of drug-likeness (QED) is 0.749. The molecule has 1 heterocycles. The molecule has 0 bridgehead atoms. The van der Waals surface area contributed by atoms with Crippen LogP contribution in [0.4, 0.5) is 5.69 Å². The second-order valence-corrected chi connectivity index (χ2v) is 6.77. The molecule has 0 radical (unpaired) electrons. The molecule has 1 aliphatic rings. The van der Waals surface area contributed by atoms with E-state index in [4.69, 9.17) is 0 Å². The highest BCUT2D eigenvalue weighted by molar-refractivity contribution is 6.09. The topological polar surface area (TPSA) is 70.2 Å². The maximum absolute atomic E-state index is 12.5. The summed E-state index contributed by atoms with van der Waals surface area (Å²) in [6, 6.07) is 14.5. The molecule has 2 aromatic rings. The Balaban J connectivity index is 1.63. The van der Waals surface area contributed by atoms with Crippen LogP contribution in [0.25, 0.3) is 0 Å². The summed E-state index contributed by atoms with van der Waals surface area (Å²) in [5, 5.41) is 9.16. The molecule has 1 aliphatic heterocycles. The number of anilines is 1. The number of carbonyl (C=O) groups excluding carboxylic acids is 2. The summed E-state index contributed by atoms with van der Waals surface area (Å²) in [5.41, 5.74) is 2.61. The van der Waals surface area contributed by atoms with Crippen molar-refractivity contribution in [3.8, 4) is 0 Å². The third kappa shape index (κ3) is 4.70. The van der Waals surface area contributed by atoms with Crippen molar-refractivity contribution in [1.82, 2.24) is 10.6 Å². The van der Waals surface area contributed by atoms with E-state index in [9.17, 15) is 9.59 Å². The van der Waals surface area contributed by atoms with E-state index in [1.54, 1.807) is 24.3 Å². The van der Waals surface area contributed by atoms with E-state index in [0.29, 0.717) is 29.3 Å². The van der Waals surface area contributed by atoms with Gasteiger partial charge in [-0.25, -0.2) is 0 Å². The number of hydrogen-bond acceptors (Lipinski definition) is 3. The van der Waals surface area contributed by atoms with Gasteiger partial charge in [0.15, 0.2) is 0 Å². The highest BCUT2D eigenvalue weighted by atomic mass is 16.2. The molecule has 2 aromatic carbocycles. The zero-order valence-electron chi connectivity index (χ0n) is 15.0. The molecule has 5 nitrogen and oxygen atoms in total. The van der Waals surface area contributed by atoms with Crippen molar-refractivity contribution < 1.29 is 9.59 Å². The van der Waals surface area contributed by atoms with E-state index in [1.807, 2.05) is 31.2 Å². The first-order valence-corrected chi connectivity index (χ1v) is 9.09. The van der Waals surface area contributed by atoms with Gasteiger partial charge < -0.3 is 16.0 Å². The lowest BCUT2D eigenvalue weighted by Gasteiger charge is -2.13. The normalized spacial score (nSPS) is 16.3. The predicted molar refractivity (Wildman–Crippen MR) is 104 cm³/mol. The molecule has 2 amide bonds. The highest BCUT2D eigenvalue weighted by Gasteiger charge is 2.16. The van der Waals surface area contributed by atoms with Crippen molar-refractivity contribution in [1.29, 1.82) is 0 Å². The molecule has 0 aromatic heterocycles. The van der Waals surface area contributed by atoms with Crippen LogP contribution in [0, 0.1) is 12.8 Å². The van der Waals surface area contributed by atoms with Crippen LogP contribution in [-0.2, 0) is 0 Å². The van der Waals surface area contributed by atoms with Gasteiger partial charge >= 0.3 is 0 Å². The largest absolute Gasteiger partial charge is 0.352 e. The molecule has 0 spiro atoms.